The van der Waals surface area contributed by atoms with Gasteiger partial charge in [-0.25, -0.2) is 4.98 Å². The number of unbranched alkanes of at least 4 members (excludes halogenated alkanes) is 2. The summed E-state index contributed by atoms with van der Waals surface area (Å²) in [5.41, 5.74) is 4.53. The molecular formula is C38H50N5O+. The van der Waals surface area contributed by atoms with Crippen LogP contribution < -0.4 is 4.90 Å². The Hall–Kier alpha value is -3.90. The van der Waals surface area contributed by atoms with Crippen molar-refractivity contribution in [1.82, 2.24) is 14.5 Å². The van der Waals surface area contributed by atoms with Crippen LogP contribution in [0.25, 0.3) is 44.0 Å². The van der Waals surface area contributed by atoms with Crippen molar-refractivity contribution in [2.24, 2.45) is 0 Å². The zero-order valence-corrected chi connectivity index (χ0v) is 27.6. The van der Waals surface area contributed by atoms with E-state index in [2.05, 4.69) is 129 Å². The number of rotatable bonds is 14. The summed E-state index contributed by atoms with van der Waals surface area (Å²) < 4.78 is 3.11. The topological polar surface area (TPSA) is 41.4 Å². The molecule has 0 fully saturated rings. The maximum Gasteiger partial charge on any atom is 0.277 e. The lowest BCUT2D eigenvalue weighted by Gasteiger charge is -2.32. The van der Waals surface area contributed by atoms with E-state index < -0.39 is 0 Å². The van der Waals surface area contributed by atoms with E-state index in [0.29, 0.717) is 11.0 Å². The minimum atomic E-state index is 0.282. The van der Waals surface area contributed by atoms with Crippen LogP contribution >= 0.6 is 0 Å². The van der Waals surface area contributed by atoms with Crippen molar-refractivity contribution in [3.8, 4) is 11.4 Å². The second kappa shape index (κ2) is 13.8. The van der Waals surface area contributed by atoms with E-state index in [1.54, 1.807) is 0 Å². The molecule has 1 aromatic heterocycles. The fourth-order valence-corrected chi connectivity index (χ4v) is 6.37. The van der Waals surface area contributed by atoms with Gasteiger partial charge in [0.2, 0.25) is 0 Å². The van der Waals surface area contributed by atoms with Gasteiger partial charge in [0, 0.05) is 62.2 Å². The van der Waals surface area contributed by atoms with Crippen LogP contribution in [0, 0.1) is 0 Å². The van der Waals surface area contributed by atoms with Crippen molar-refractivity contribution < 1.29 is 9.28 Å². The lowest BCUT2D eigenvalue weighted by atomic mass is 10.00. The summed E-state index contributed by atoms with van der Waals surface area (Å²) >= 11 is 0. The number of benzene rings is 4. The molecule has 0 atom stereocenters. The number of imidazole rings is 1. The molecule has 0 aliphatic heterocycles. The van der Waals surface area contributed by atoms with Gasteiger partial charge in [-0.1, -0.05) is 75.2 Å². The summed E-state index contributed by atoms with van der Waals surface area (Å²) in [6.45, 7) is 8.39. The highest BCUT2D eigenvalue weighted by molar-refractivity contribution is 6.23. The second-order valence-corrected chi connectivity index (χ2v) is 13.1. The third-order valence-corrected chi connectivity index (χ3v) is 8.89. The quantitative estimate of drug-likeness (QED) is 0.0970. The van der Waals surface area contributed by atoms with Crippen molar-refractivity contribution in [3.05, 3.63) is 72.8 Å². The number of quaternary nitrogens is 1. The smallest absolute Gasteiger partial charge is 0.277 e. The van der Waals surface area contributed by atoms with Gasteiger partial charge in [0.15, 0.2) is 6.54 Å². The first-order chi connectivity index (χ1) is 21.2. The number of nitrogens with zero attached hydrogens (tertiary/aromatic N) is 5. The molecule has 0 spiro atoms. The summed E-state index contributed by atoms with van der Waals surface area (Å²) in [5.74, 6) is 1.28. The lowest BCUT2D eigenvalue weighted by Crippen LogP contribution is -2.49. The molecule has 44 heavy (non-hydrogen) atoms. The van der Waals surface area contributed by atoms with Gasteiger partial charge >= 0.3 is 0 Å². The molecule has 0 aliphatic carbocycles. The first-order valence-corrected chi connectivity index (χ1v) is 16.4. The van der Waals surface area contributed by atoms with Gasteiger partial charge in [-0.15, -0.1) is 0 Å². The van der Waals surface area contributed by atoms with E-state index in [1.807, 2.05) is 0 Å². The summed E-state index contributed by atoms with van der Waals surface area (Å²) in [6, 6.07) is 26.1. The highest BCUT2D eigenvalue weighted by Crippen LogP contribution is 2.37. The molecule has 232 valence electrons. The number of hydrogen-bond acceptors (Lipinski definition) is 3. The Bertz CT molecular complexity index is 1710. The minimum Gasteiger partial charge on any atom is -0.378 e. The van der Waals surface area contributed by atoms with Crippen LogP contribution in [0.15, 0.2) is 72.8 Å². The molecule has 6 heteroatoms. The van der Waals surface area contributed by atoms with Crippen LogP contribution in [0.3, 0.4) is 0 Å². The van der Waals surface area contributed by atoms with Crippen molar-refractivity contribution in [2.45, 2.75) is 52.5 Å². The Morgan fingerprint density at radius 3 is 1.93 bits per heavy atom. The standard InChI is InChI=1S/C38H50N5O/c1-7-9-24-41(25-10-8-2)35(44)28-43(5,6)27-15-26-42-37-34-19-14-12-17-32(34)31-16-11-13-18-33(31)36(37)39-38(42)29-20-22-30(23-21-29)40(3)4/h11-14,16-23H,7-10,15,24-28H2,1-6H3/q+1. The fourth-order valence-electron chi connectivity index (χ4n) is 6.37. The maximum atomic E-state index is 13.4. The fraction of sp³-hybridized carbons (Fsp3) is 0.421. The van der Waals surface area contributed by atoms with Crippen molar-refractivity contribution in [2.75, 3.05) is 59.3 Å². The van der Waals surface area contributed by atoms with Crippen LogP contribution in [0.4, 0.5) is 5.69 Å². The molecule has 1 amide bonds. The SMILES string of the molecule is CCCCN(CCCC)C(=O)C[N+](C)(C)CCCn1c(-c2ccc(N(C)C)cc2)nc2c3ccccc3c3ccccc3c21. The number of hydrogen-bond donors (Lipinski definition) is 0. The first-order valence-electron chi connectivity index (χ1n) is 16.4. The highest BCUT2D eigenvalue weighted by atomic mass is 16.2. The number of amides is 1. The monoisotopic (exact) mass is 592 g/mol. The van der Waals surface area contributed by atoms with Gasteiger partial charge in [0.1, 0.15) is 5.82 Å². The van der Waals surface area contributed by atoms with Gasteiger partial charge in [0.25, 0.3) is 5.91 Å². The van der Waals surface area contributed by atoms with E-state index in [0.717, 1.165) is 75.2 Å². The predicted molar refractivity (Wildman–Crippen MR) is 187 cm³/mol. The van der Waals surface area contributed by atoms with Crippen LogP contribution in [0.1, 0.15) is 46.0 Å². The van der Waals surface area contributed by atoms with E-state index in [1.165, 1.54) is 32.7 Å². The average Bonchev–Trinajstić information content (AvgIpc) is 3.40. The Labute approximate surface area is 263 Å². The largest absolute Gasteiger partial charge is 0.378 e. The number of carbonyl (C=O) groups excluding carboxylic acids is 1. The van der Waals surface area contributed by atoms with Gasteiger partial charge in [0.05, 0.1) is 31.7 Å². The molecule has 5 rings (SSSR count). The van der Waals surface area contributed by atoms with Crippen molar-refractivity contribution >= 4 is 44.2 Å². The van der Waals surface area contributed by atoms with Crippen LogP contribution in [0.2, 0.25) is 0 Å². The zero-order valence-electron chi connectivity index (χ0n) is 27.6. The molecule has 0 saturated heterocycles. The summed E-state index contributed by atoms with van der Waals surface area (Å²) in [6.07, 6.45) is 5.29. The number of fused-ring (bicyclic) bond motifs is 6. The predicted octanol–water partition coefficient (Wildman–Crippen LogP) is 7.97. The maximum absolute atomic E-state index is 13.4. The van der Waals surface area contributed by atoms with Crippen molar-refractivity contribution in [1.29, 1.82) is 0 Å². The Balaban J connectivity index is 1.49. The average molecular weight is 593 g/mol. The number of aromatic nitrogens is 2. The molecule has 6 nitrogen and oxygen atoms in total. The molecule has 1 heterocycles. The van der Waals surface area contributed by atoms with Crippen LogP contribution in [-0.4, -0.2) is 79.2 Å². The minimum absolute atomic E-state index is 0.282. The van der Waals surface area contributed by atoms with Gasteiger partial charge in [-0.2, -0.15) is 0 Å². The van der Waals surface area contributed by atoms with E-state index in [4.69, 9.17) is 4.98 Å². The third kappa shape index (κ3) is 6.76. The van der Waals surface area contributed by atoms with E-state index in [-0.39, 0.29) is 5.91 Å². The van der Waals surface area contributed by atoms with Gasteiger partial charge in [-0.3, -0.25) is 4.79 Å². The Morgan fingerprint density at radius 2 is 1.34 bits per heavy atom. The highest BCUT2D eigenvalue weighted by Gasteiger charge is 2.25. The summed E-state index contributed by atoms with van der Waals surface area (Å²) in [5, 5.41) is 4.91. The molecular weight excluding hydrogens is 542 g/mol. The second-order valence-electron chi connectivity index (χ2n) is 13.1. The molecule has 5 aromatic rings. The third-order valence-electron chi connectivity index (χ3n) is 8.89. The number of anilines is 1. The number of likely N-dealkylation sites (N-methyl/N-ethyl adjacent to an activating group) is 1. The lowest BCUT2D eigenvalue weighted by molar-refractivity contribution is -0.883. The van der Waals surface area contributed by atoms with Crippen LogP contribution in [0.5, 0.6) is 0 Å². The summed E-state index contributed by atoms with van der Waals surface area (Å²) in [4.78, 5) is 23.0. The van der Waals surface area contributed by atoms with Gasteiger partial charge < -0.3 is 18.8 Å². The Kier molecular flexibility index (Phi) is 9.90. The molecule has 0 bridgehead atoms. The molecule has 0 unspecified atom stereocenters. The molecule has 0 radical (unpaired) electrons. The molecule has 0 N–H and O–H groups in total. The van der Waals surface area contributed by atoms with E-state index >= 15 is 0 Å². The Morgan fingerprint density at radius 1 is 0.773 bits per heavy atom. The van der Waals surface area contributed by atoms with Gasteiger partial charge in [-0.05, 0) is 47.9 Å². The van der Waals surface area contributed by atoms with E-state index in [9.17, 15) is 4.79 Å². The molecule has 4 aromatic carbocycles. The first kappa shape index (κ1) is 31.5. The number of carbonyl (C=O) groups is 1. The summed E-state index contributed by atoms with van der Waals surface area (Å²) in [7, 11) is 8.54. The number of aryl methyl sites for hydroxylation is 1. The molecule has 0 aliphatic rings. The zero-order chi connectivity index (χ0) is 31.3. The molecule has 0 saturated carbocycles. The van der Waals surface area contributed by atoms with Crippen LogP contribution in [-0.2, 0) is 11.3 Å². The normalized spacial score (nSPS) is 12.0. The van der Waals surface area contributed by atoms with Crippen molar-refractivity contribution in [3.63, 3.8) is 0 Å².